The van der Waals surface area contributed by atoms with Crippen molar-refractivity contribution in [3.8, 4) is 0 Å². The predicted molar refractivity (Wildman–Crippen MR) is 114 cm³/mol. The van der Waals surface area contributed by atoms with Crippen LogP contribution >= 0.6 is 0 Å². The van der Waals surface area contributed by atoms with Crippen molar-refractivity contribution in [3.05, 3.63) is 0 Å². The molecule has 0 aliphatic rings. The fourth-order valence-corrected chi connectivity index (χ4v) is 2.15. The molecule has 0 aliphatic heterocycles. The third-order valence-corrected chi connectivity index (χ3v) is 4.11. The van der Waals surface area contributed by atoms with Crippen molar-refractivity contribution in [1.82, 2.24) is 0 Å². The van der Waals surface area contributed by atoms with Crippen molar-refractivity contribution in [3.63, 3.8) is 0 Å². The van der Waals surface area contributed by atoms with Gasteiger partial charge in [0.15, 0.2) is 0 Å². The molecule has 0 aliphatic carbocycles. The lowest BCUT2D eigenvalue weighted by molar-refractivity contribution is -0.139. The average molecular weight is 475 g/mol. The highest BCUT2D eigenvalue weighted by molar-refractivity contribution is 5.67. The predicted octanol–water partition coefficient (Wildman–Crippen LogP) is -1.56. The number of hydrogen-bond donors (Lipinski definition) is 10. The van der Waals surface area contributed by atoms with Gasteiger partial charge in [-0.25, -0.2) is 0 Å². The molecule has 12 nitrogen and oxygen atoms in total. The SMILES string of the molecule is O=C(O)CCCCC(=O)O.OCC(O)C(O)C(O)C(O)CO.OCCCCCCCCO. The first-order valence-electron chi connectivity index (χ1n) is 10.7. The van der Waals surface area contributed by atoms with Crippen molar-refractivity contribution in [1.29, 1.82) is 0 Å². The molecule has 0 radical (unpaired) electrons. The van der Waals surface area contributed by atoms with E-state index in [2.05, 4.69) is 0 Å². The summed E-state index contributed by atoms with van der Waals surface area (Å²) in [5, 5.41) is 85.3. The van der Waals surface area contributed by atoms with Gasteiger partial charge in [0.1, 0.15) is 24.4 Å². The number of hydrogen-bond acceptors (Lipinski definition) is 10. The normalized spacial score (nSPS) is 14.1. The monoisotopic (exact) mass is 474 g/mol. The molecule has 0 rings (SSSR count). The summed E-state index contributed by atoms with van der Waals surface area (Å²) in [6.07, 6.45) is 1.13. The molecular weight excluding hydrogens is 432 g/mol. The van der Waals surface area contributed by atoms with Gasteiger partial charge in [-0.3, -0.25) is 9.59 Å². The number of carboxylic acids is 2. The summed E-state index contributed by atoms with van der Waals surface area (Å²) >= 11 is 0. The minimum Gasteiger partial charge on any atom is -0.481 e. The quantitative estimate of drug-likeness (QED) is 0.108. The van der Waals surface area contributed by atoms with E-state index in [0.717, 1.165) is 25.7 Å². The molecule has 0 saturated carbocycles. The Morgan fingerprint density at radius 3 is 1.00 bits per heavy atom. The van der Waals surface area contributed by atoms with Crippen molar-refractivity contribution in [2.45, 2.75) is 88.6 Å². The number of rotatable bonds is 17. The molecule has 4 atom stereocenters. The molecule has 0 aromatic heterocycles. The van der Waals surface area contributed by atoms with E-state index in [1.165, 1.54) is 12.8 Å². The van der Waals surface area contributed by atoms with Crippen LogP contribution in [0.1, 0.15) is 64.2 Å². The maximum atomic E-state index is 9.90. The molecule has 4 unspecified atom stereocenters. The molecule has 12 heteroatoms. The number of unbranched alkanes of at least 4 members (excludes halogenated alkanes) is 6. The summed E-state index contributed by atoms with van der Waals surface area (Å²) < 4.78 is 0. The minimum absolute atomic E-state index is 0.0628. The fourth-order valence-electron chi connectivity index (χ4n) is 2.15. The molecule has 0 spiro atoms. The molecular formula is C20H42O12. The van der Waals surface area contributed by atoms with Crippen LogP contribution in [0.2, 0.25) is 0 Å². The lowest BCUT2D eigenvalue weighted by Crippen LogP contribution is -2.46. The first kappa shape index (κ1) is 35.2. The van der Waals surface area contributed by atoms with Crippen LogP contribution in [0, 0.1) is 0 Å². The zero-order chi connectivity index (χ0) is 25.4. The summed E-state index contributed by atoms with van der Waals surface area (Å²) in [5.74, 6) is -1.74. The molecule has 0 bridgehead atoms. The number of aliphatic carboxylic acids is 2. The Balaban J connectivity index is -0.000000397. The standard InChI is InChI=1S/C8H18O2.C6H14O6.C6H10O4/c9-7-5-3-1-2-4-6-8-10;7-1-3(9)5(11)6(12)4(10)2-8;7-5(8)3-1-2-4-6(9)10/h9-10H,1-8H2;3-12H,1-2H2;1-4H2,(H,7,8)(H,9,10). The zero-order valence-electron chi connectivity index (χ0n) is 18.5. The smallest absolute Gasteiger partial charge is 0.303 e. The first-order valence-corrected chi connectivity index (χ1v) is 10.7. The third kappa shape index (κ3) is 26.7. The number of carboxylic acid groups (broad SMARTS) is 2. The van der Waals surface area contributed by atoms with Crippen molar-refractivity contribution >= 4 is 11.9 Å². The third-order valence-electron chi connectivity index (χ3n) is 4.11. The highest BCUT2D eigenvalue weighted by atomic mass is 16.4. The Morgan fingerprint density at radius 1 is 0.500 bits per heavy atom. The second-order valence-corrected chi connectivity index (χ2v) is 7.04. The van der Waals surface area contributed by atoms with Gasteiger partial charge in [0.2, 0.25) is 0 Å². The van der Waals surface area contributed by atoms with Gasteiger partial charge in [-0.2, -0.15) is 0 Å². The van der Waals surface area contributed by atoms with Crippen molar-refractivity contribution < 1.29 is 60.7 Å². The maximum Gasteiger partial charge on any atom is 0.303 e. The number of aliphatic hydroxyl groups is 8. The van der Waals surface area contributed by atoms with Crippen molar-refractivity contribution in [2.24, 2.45) is 0 Å². The number of carbonyl (C=O) groups is 2. The summed E-state index contributed by atoms with van der Waals surface area (Å²) in [7, 11) is 0. The van der Waals surface area contributed by atoms with E-state index < -0.39 is 49.6 Å². The highest BCUT2D eigenvalue weighted by Crippen LogP contribution is 2.04. The fraction of sp³-hybridized carbons (Fsp3) is 0.900. The zero-order valence-corrected chi connectivity index (χ0v) is 18.5. The van der Waals surface area contributed by atoms with Crippen LogP contribution in [0.25, 0.3) is 0 Å². The minimum atomic E-state index is -1.67. The van der Waals surface area contributed by atoms with Crippen LogP contribution in [0.4, 0.5) is 0 Å². The van der Waals surface area contributed by atoms with E-state index in [4.69, 9.17) is 51.1 Å². The molecule has 0 heterocycles. The second kappa shape index (κ2) is 25.9. The van der Waals surface area contributed by atoms with E-state index in [9.17, 15) is 9.59 Å². The highest BCUT2D eigenvalue weighted by Gasteiger charge is 2.29. The van der Waals surface area contributed by atoms with Crippen molar-refractivity contribution in [2.75, 3.05) is 26.4 Å². The Labute approximate surface area is 188 Å². The van der Waals surface area contributed by atoms with Gasteiger partial charge in [-0.1, -0.05) is 25.7 Å². The van der Waals surface area contributed by atoms with E-state index >= 15 is 0 Å². The molecule has 0 aromatic rings. The number of aliphatic hydroxyl groups excluding tert-OH is 8. The van der Waals surface area contributed by atoms with E-state index in [1.54, 1.807) is 0 Å². The summed E-state index contributed by atoms with van der Waals surface area (Å²) in [6.45, 7) is -0.813. The van der Waals surface area contributed by atoms with Gasteiger partial charge >= 0.3 is 11.9 Å². The molecule has 0 aromatic carbocycles. The van der Waals surface area contributed by atoms with Crippen LogP contribution in [0.3, 0.4) is 0 Å². The molecule has 0 fully saturated rings. The largest absolute Gasteiger partial charge is 0.481 e. The summed E-state index contributed by atoms with van der Waals surface area (Å²) in [6, 6.07) is 0. The second-order valence-electron chi connectivity index (χ2n) is 7.04. The van der Waals surface area contributed by atoms with Gasteiger partial charge in [0, 0.05) is 26.1 Å². The van der Waals surface area contributed by atoms with E-state index in [1.807, 2.05) is 0 Å². The Hall–Kier alpha value is -1.38. The van der Waals surface area contributed by atoms with Crippen LogP contribution < -0.4 is 0 Å². The van der Waals surface area contributed by atoms with E-state index in [0.29, 0.717) is 26.1 Å². The Bertz CT molecular complexity index is 383. The summed E-state index contributed by atoms with van der Waals surface area (Å²) in [5.41, 5.74) is 0. The van der Waals surface area contributed by atoms with Crippen LogP contribution in [0.15, 0.2) is 0 Å². The maximum absolute atomic E-state index is 9.90. The van der Waals surface area contributed by atoms with E-state index in [-0.39, 0.29) is 12.8 Å². The van der Waals surface area contributed by atoms with Gasteiger partial charge in [-0.05, 0) is 25.7 Å². The molecule has 0 saturated heterocycles. The average Bonchev–Trinajstić information content (AvgIpc) is 2.77. The topological polar surface area (TPSA) is 236 Å². The molecule has 10 N–H and O–H groups in total. The molecule has 0 amide bonds. The molecule has 32 heavy (non-hydrogen) atoms. The lowest BCUT2D eigenvalue weighted by Gasteiger charge is -2.24. The van der Waals surface area contributed by atoms with Crippen LogP contribution in [0.5, 0.6) is 0 Å². The molecule has 194 valence electrons. The Kier molecular flexibility index (Phi) is 28.5. The van der Waals surface area contributed by atoms with Gasteiger partial charge in [0.25, 0.3) is 0 Å². The Morgan fingerprint density at radius 2 is 0.781 bits per heavy atom. The van der Waals surface area contributed by atoms with Gasteiger partial charge in [-0.15, -0.1) is 0 Å². The van der Waals surface area contributed by atoms with Crippen LogP contribution in [-0.4, -0.2) is 114 Å². The van der Waals surface area contributed by atoms with Crippen LogP contribution in [-0.2, 0) is 9.59 Å². The van der Waals surface area contributed by atoms with Gasteiger partial charge < -0.3 is 51.1 Å². The lowest BCUT2D eigenvalue weighted by atomic mass is 10.0. The van der Waals surface area contributed by atoms with Gasteiger partial charge in [0.05, 0.1) is 13.2 Å². The first-order chi connectivity index (χ1) is 15.1. The summed E-state index contributed by atoms with van der Waals surface area (Å²) in [4.78, 5) is 19.8.